The van der Waals surface area contributed by atoms with E-state index in [0.717, 1.165) is 59.2 Å². The molecular weight excluding hydrogens is 484 g/mol. The molecule has 1 saturated heterocycles. The molecule has 2 fully saturated rings. The third-order valence-electron chi connectivity index (χ3n) is 7.57. The van der Waals surface area contributed by atoms with Crippen LogP contribution in [0.4, 0.5) is 5.82 Å². The number of fused-ring (bicyclic) bond motifs is 1. The van der Waals surface area contributed by atoms with Gasteiger partial charge in [0.2, 0.25) is 5.91 Å². The summed E-state index contributed by atoms with van der Waals surface area (Å²) < 4.78 is 19.5. The van der Waals surface area contributed by atoms with Crippen molar-refractivity contribution >= 4 is 30.8 Å². The number of methoxy groups -OCH3 is 2. The maximum atomic E-state index is 13.0. The van der Waals surface area contributed by atoms with E-state index in [2.05, 4.69) is 36.9 Å². The van der Waals surface area contributed by atoms with E-state index in [-0.39, 0.29) is 17.2 Å². The molecule has 1 saturated carbocycles. The first-order valence-electron chi connectivity index (χ1n) is 12.9. The van der Waals surface area contributed by atoms with Crippen LogP contribution in [0, 0.1) is 11.3 Å². The molecule has 2 aliphatic rings. The van der Waals surface area contributed by atoms with E-state index in [1.807, 2.05) is 41.1 Å². The van der Waals surface area contributed by atoms with Crippen molar-refractivity contribution in [1.29, 1.82) is 0 Å². The molecule has 3 aromatic rings. The fourth-order valence-electron chi connectivity index (χ4n) is 5.50. The molecule has 0 radical (unpaired) electrons. The molecule has 1 N–H and O–H groups in total. The second-order valence-electron chi connectivity index (χ2n) is 11.7. The Morgan fingerprint density at radius 2 is 1.84 bits per heavy atom. The van der Waals surface area contributed by atoms with Crippen LogP contribution in [0.1, 0.15) is 6.42 Å². The summed E-state index contributed by atoms with van der Waals surface area (Å²) in [7, 11) is 4.22. The minimum atomic E-state index is -1.20. The Bertz CT molecular complexity index is 1290. The number of carbonyl (C=O) groups is 1. The highest BCUT2D eigenvalue weighted by molar-refractivity contribution is 6.76. The Hall–Kier alpha value is -2.88. The van der Waals surface area contributed by atoms with Crippen molar-refractivity contribution in [3.63, 3.8) is 0 Å². The van der Waals surface area contributed by atoms with Gasteiger partial charge in [-0.25, -0.2) is 4.98 Å². The number of anilines is 1. The molecule has 198 valence electrons. The maximum Gasteiger partial charge on any atom is 0.229 e. The lowest BCUT2D eigenvalue weighted by Crippen LogP contribution is -2.47. The SMILES string of the molecule is COc1cccc(OC)c1-c1cn(COCC[Si](C)(C)C)c2nc(NC(=O)C3CC34CN(C)C4)ccc12. The average Bonchev–Trinajstić information content (AvgIpc) is 3.48. The van der Waals surface area contributed by atoms with Crippen molar-refractivity contribution in [1.82, 2.24) is 14.5 Å². The maximum absolute atomic E-state index is 13.0. The molecule has 1 aromatic carbocycles. The Kier molecular flexibility index (Phi) is 6.80. The first kappa shape index (κ1) is 25.8. The van der Waals surface area contributed by atoms with Crippen LogP contribution in [0.2, 0.25) is 25.7 Å². The summed E-state index contributed by atoms with van der Waals surface area (Å²) in [5.74, 6) is 2.15. The summed E-state index contributed by atoms with van der Waals surface area (Å²) >= 11 is 0. The predicted molar refractivity (Wildman–Crippen MR) is 149 cm³/mol. The van der Waals surface area contributed by atoms with Gasteiger partial charge in [0.25, 0.3) is 0 Å². The van der Waals surface area contributed by atoms with Gasteiger partial charge in [-0.2, -0.15) is 0 Å². The summed E-state index contributed by atoms with van der Waals surface area (Å²) in [6, 6.07) is 10.7. The molecule has 1 amide bonds. The van der Waals surface area contributed by atoms with E-state index < -0.39 is 8.07 Å². The monoisotopic (exact) mass is 522 g/mol. The topological polar surface area (TPSA) is 77.9 Å². The van der Waals surface area contributed by atoms with Crippen LogP contribution < -0.4 is 14.8 Å². The third-order valence-corrected chi connectivity index (χ3v) is 9.28. The van der Waals surface area contributed by atoms with Gasteiger partial charge in [-0.05, 0) is 43.8 Å². The Labute approximate surface area is 219 Å². The minimum absolute atomic E-state index is 0.0658. The predicted octanol–water partition coefficient (Wildman–Crippen LogP) is 4.92. The quantitative estimate of drug-likeness (QED) is 0.301. The first-order chi connectivity index (χ1) is 17.6. The van der Waals surface area contributed by atoms with E-state index in [4.69, 9.17) is 19.2 Å². The highest BCUT2D eigenvalue weighted by atomic mass is 28.3. The number of carbonyl (C=O) groups excluding carboxylic acids is 1. The molecule has 37 heavy (non-hydrogen) atoms. The molecule has 5 rings (SSSR count). The fraction of sp³-hybridized carbons (Fsp3) is 0.500. The first-order valence-corrected chi connectivity index (χ1v) is 16.6. The molecule has 1 unspecified atom stereocenters. The van der Waals surface area contributed by atoms with Crippen LogP contribution in [0.25, 0.3) is 22.2 Å². The molecule has 9 heteroatoms. The van der Waals surface area contributed by atoms with Gasteiger partial charge in [-0.1, -0.05) is 25.7 Å². The summed E-state index contributed by atoms with van der Waals surface area (Å²) in [5, 5.41) is 4.02. The second kappa shape index (κ2) is 9.77. The van der Waals surface area contributed by atoms with Crippen LogP contribution in [-0.2, 0) is 16.3 Å². The van der Waals surface area contributed by atoms with Gasteiger partial charge in [-0.15, -0.1) is 0 Å². The van der Waals surface area contributed by atoms with Crippen molar-refractivity contribution in [3.8, 4) is 22.6 Å². The van der Waals surface area contributed by atoms with Gasteiger partial charge < -0.3 is 29.0 Å². The fourth-order valence-corrected chi connectivity index (χ4v) is 6.26. The highest BCUT2D eigenvalue weighted by Crippen LogP contribution is 2.58. The number of rotatable bonds is 10. The highest BCUT2D eigenvalue weighted by Gasteiger charge is 2.63. The van der Waals surface area contributed by atoms with Gasteiger partial charge in [0.1, 0.15) is 29.7 Å². The van der Waals surface area contributed by atoms with Crippen LogP contribution in [0.5, 0.6) is 11.5 Å². The van der Waals surface area contributed by atoms with E-state index in [0.29, 0.717) is 19.2 Å². The number of nitrogens with zero attached hydrogens (tertiary/aromatic N) is 3. The molecular formula is C28H38N4O4Si. The molecule has 2 aromatic heterocycles. The number of benzene rings is 1. The van der Waals surface area contributed by atoms with Crippen LogP contribution >= 0.6 is 0 Å². The van der Waals surface area contributed by atoms with Crippen LogP contribution in [0.15, 0.2) is 36.5 Å². The summed E-state index contributed by atoms with van der Waals surface area (Å²) in [6.07, 6.45) is 3.00. The normalized spacial score (nSPS) is 18.6. The van der Waals surface area contributed by atoms with Gasteiger partial charge in [-0.3, -0.25) is 4.79 Å². The van der Waals surface area contributed by atoms with E-state index in [1.165, 1.54) is 0 Å². The van der Waals surface area contributed by atoms with Crippen molar-refractivity contribution in [2.45, 2.75) is 38.8 Å². The molecule has 1 aliphatic heterocycles. The minimum Gasteiger partial charge on any atom is -0.496 e. The van der Waals surface area contributed by atoms with Crippen LogP contribution in [0.3, 0.4) is 0 Å². The van der Waals surface area contributed by atoms with Crippen molar-refractivity contribution in [3.05, 3.63) is 36.5 Å². The number of aromatic nitrogens is 2. The van der Waals surface area contributed by atoms with Gasteiger partial charge in [0.15, 0.2) is 0 Å². The van der Waals surface area contributed by atoms with Gasteiger partial charge in [0, 0.05) is 56.2 Å². The lowest BCUT2D eigenvalue weighted by molar-refractivity contribution is -0.119. The zero-order chi connectivity index (χ0) is 26.4. The van der Waals surface area contributed by atoms with E-state index in [1.54, 1.807) is 14.2 Å². The Balaban J connectivity index is 1.46. The van der Waals surface area contributed by atoms with Crippen molar-refractivity contribution < 1.29 is 19.0 Å². The summed E-state index contributed by atoms with van der Waals surface area (Å²) in [6.45, 7) is 10.1. The summed E-state index contributed by atoms with van der Waals surface area (Å²) in [5.41, 5.74) is 2.75. The lowest BCUT2D eigenvalue weighted by atomic mass is 9.94. The van der Waals surface area contributed by atoms with E-state index in [9.17, 15) is 4.79 Å². The molecule has 1 aliphatic carbocycles. The van der Waals surface area contributed by atoms with Gasteiger partial charge in [0.05, 0.1) is 19.8 Å². The smallest absolute Gasteiger partial charge is 0.229 e. The number of amides is 1. The number of hydrogen-bond acceptors (Lipinski definition) is 6. The van der Waals surface area contributed by atoms with E-state index >= 15 is 0 Å². The number of ether oxygens (including phenoxy) is 3. The number of pyridine rings is 1. The number of nitrogens with one attached hydrogen (secondary N) is 1. The van der Waals surface area contributed by atoms with Crippen molar-refractivity contribution in [2.24, 2.45) is 11.3 Å². The zero-order valence-corrected chi connectivity index (χ0v) is 23.8. The number of hydrogen-bond donors (Lipinski definition) is 1. The summed E-state index contributed by atoms with van der Waals surface area (Å²) in [4.78, 5) is 20.1. The van der Waals surface area contributed by atoms with Gasteiger partial charge >= 0.3 is 0 Å². The molecule has 1 spiro atoms. The zero-order valence-electron chi connectivity index (χ0n) is 22.8. The Morgan fingerprint density at radius 3 is 2.46 bits per heavy atom. The average molecular weight is 523 g/mol. The molecule has 1 atom stereocenters. The third kappa shape index (κ3) is 5.12. The molecule has 8 nitrogen and oxygen atoms in total. The van der Waals surface area contributed by atoms with Crippen LogP contribution in [-0.4, -0.2) is 69.4 Å². The number of likely N-dealkylation sites (tertiary alicyclic amines) is 1. The van der Waals surface area contributed by atoms with Crippen molar-refractivity contribution in [2.75, 3.05) is 46.3 Å². The standard InChI is InChI=1S/C28H38N4O4Si/c1-31-16-28(17-31)14-21(28)27(33)30-24-11-10-19-20(25-22(34-2)8-7-9-23(25)35-3)15-32(26(19)29-24)18-36-12-13-37(4,5)6/h7-11,15,21H,12-14,16-18H2,1-6H3,(H,29,30,33). The Morgan fingerprint density at radius 1 is 1.14 bits per heavy atom. The largest absolute Gasteiger partial charge is 0.496 e. The second-order valence-corrected chi connectivity index (χ2v) is 17.4. The molecule has 3 heterocycles. The lowest BCUT2D eigenvalue weighted by Gasteiger charge is -2.37. The molecule has 0 bridgehead atoms.